The smallest absolute Gasteiger partial charge is 0.180 e. The molecule has 1 unspecified atom stereocenters. The summed E-state index contributed by atoms with van der Waals surface area (Å²) in [5.74, 6) is -1.28. The molecule has 0 fully saturated rings. The van der Waals surface area contributed by atoms with Crippen LogP contribution in [-0.4, -0.2) is 22.3 Å². The van der Waals surface area contributed by atoms with E-state index in [4.69, 9.17) is 5.73 Å². The van der Waals surface area contributed by atoms with E-state index in [0.29, 0.717) is 22.9 Å². The normalized spacial score (nSPS) is 19.1. The molecule has 0 saturated carbocycles. The number of rotatable bonds is 2. The molecule has 0 amide bonds. The maximum absolute atomic E-state index is 14.5. The monoisotopic (exact) mass is 367 g/mol. The fraction of sp³-hybridized carbons (Fsp3) is 0.167. The number of nitrogen functional groups attached to an aromatic ring is 1. The number of phenols is 1. The van der Waals surface area contributed by atoms with E-state index in [2.05, 4.69) is 21.4 Å². The zero-order valence-electron chi connectivity index (χ0n) is 13.7. The Hall–Kier alpha value is -3.18. The van der Waals surface area contributed by atoms with Crippen LogP contribution >= 0.6 is 11.3 Å². The highest BCUT2D eigenvalue weighted by Gasteiger charge is 2.37. The number of thiazole rings is 1. The molecule has 26 heavy (non-hydrogen) atoms. The summed E-state index contributed by atoms with van der Waals surface area (Å²) in [4.78, 5) is 8.92. The van der Waals surface area contributed by atoms with Gasteiger partial charge >= 0.3 is 0 Å². The van der Waals surface area contributed by atoms with Crippen LogP contribution in [0.15, 0.2) is 45.4 Å². The first-order valence-electron chi connectivity index (χ1n) is 7.86. The summed E-state index contributed by atoms with van der Waals surface area (Å²) >= 11 is 1.29. The molecule has 8 heteroatoms. The van der Waals surface area contributed by atoms with Gasteiger partial charge in [0.15, 0.2) is 5.13 Å². The van der Waals surface area contributed by atoms with Crippen molar-refractivity contribution in [2.24, 2.45) is 4.99 Å². The lowest BCUT2D eigenvalue weighted by Crippen LogP contribution is -2.20. The Balaban J connectivity index is 1.99. The summed E-state index contributed by atoms with van der Waals surface area (Å²) in [6.45, 7) is 2.42. The lowest BCUT2D eigenvalue weighted by atomic mass is 9.82. The van der Waals surface area contributed by atoms with E-state index in [1.54, 1.807) is 0 Å². The Morgan fingerprint density at radius 3 is 2.92 bits per heavy atom. The molecule has 3 heterocycles. The van der Waals surface area contributed by atoms with Crippen LogP contribution in [0.5, 0.6) is 5.75 Å². The standard InChI is InChI=1S/C18H14FN5OS/c1-8-15-13(6-22-8)23-17(10-3-2-9(25)4-12(10)19)11(5-20)16(15)14-7-26-18(21)24-14/h2-4,7,16,22,25H,6H2,1H3,(H2,21,24). The van der Waals surface area contributed by atoms with E-state index in [1.807, 2.05) is 12.3 Å². The number of nitrogens with two attached hydrogens (primary N) is 1. The van der Waals surface area contributed by atoms with Crippen molar-refractivity contribution in [3.63, 3.8) is 0 Å². The lowest BCUT2D eigenvalue weighted by Gasteiger charge is -2.24. The largest absolute Gasteiger partial charge is 0.508 e. The molecule has 0 saturated heterocycles. The van der Waals surface area contributed by atoms with Crippen molar-refractivity contribution in [1.29, 1.82) is 5.26 Å². The summed E-state index contributed by atoms with van der Waals surface area (Å²) in [6.07, 6.45) is 0. The minimum Gasteiger partial charge on any atom is -0.508 e. The Labute approximate surface area is 152 Å². The first kappa shape index (κ1) is 16.3. The molecule has 0 bridgehead atoms. The number of hydrogen-bond acceptors (Lipinski definition) is 7. The van der Waals surface area contributed by atoms with E-state index in [1.165, 1.54) is 23.5 Å². The van der Waals surface area contributed by atoms with Crippen molar-refractivity contribution >= 4 is 27.9 Å². The Kier molecular flexibility index (Phi) is 3.74. The quantitative estimate of drug-likeness (QED) is 0.756. The molecule has 6 nitrogen and oxygen atoms in total. The highest BCUT2D eigenvalue weighted by molar-refractivity contribution is 7.13. The number of nitriles is 1. The van der Waals surface area contributed by atoms with Crippen LogP contribution in [0.3, 0.4) is 0 Å². The molecule has 130 valence electrons. The zero-order valence-corrected chi connectivity index (χ0v) is 14.6. The van der Waals surface area contributed by atoms with Gasteiger partial charge in [-0.3, -0.25) is 0 Å². The van der Waals surface area contributed by atoms with Crippen LogP contribution < -0.4 is 11.1 Å². The number of halogens is 1. The van der Waals surface area contributed by atoms with Gasteiger partial charge in [-0.15, -0.1) is 11.3 Å². The molecular formula is C18H14FN5OS. The minimum absolute atomic E-state index is 0.170. The summed E-state index contributed by atoms with van der Waals surface area (Å²) in [7, 11) is 0. The first-order valence-corrected chi connectivity index (χ1v) is 8.74. The molecule has 2 aromatic rings. The average molecular weight is 367 g/mol. The zero-order chi connectivity index (χ0) is 18.4. The van der Waals surface area contributed by atoms with Crippen molar-refractivity contribution in [2.45, 2.75) is 12.8 Å². The third kappa shape index (κ3) is 2.45. The number of allylic oxidation sites excluding steroid dienone is 2. The number of benzene rings is 1. The molecular weight excluding hydrogens is 353 g/mol. The number of aromatic nitrogens is 1. The van der Waals surface area contributed by atoms with Gasteiger partial charge in [0.2, 0.25) is 0 Å². The van der Waals surface area contributed by atoms with Gasteiger partial charge in [0, 0.05) is 28.3 Å². The second-order valence-corrected chi connectivity index (χ2v) is 6.92. The van der Waals surface area contributed by atoms with E-state index in [-0.39, 0.29) is 17.0 Å². The fourth-order valence-electron chi connectivity index (χ4n) is 3.33. The highest BCUT2D eigenvalue weighted by Crippen LogP contribution is 2.44. The van der Waals surface area contributed by atoms with Gasteiger partial charge in [-0.25, -0.2) is 14.4 Å². The van der Waals surface area contributed by atoms with Crippen LogP contribution in [-0.2, 0) is 0 Å². The number of nitrogens with one attached hydrogen (secondary N) is 1. The number of anilines is 1. The van der Waals surface area contributed by atoms with Crippen LogP contribution in [0, 0.1) is 17.1 Å². The van der Waals surface area contributed by atoms with Crippen molar-refractivity contribution in [3.05, 3.63) is 57.5 Å². The summed E-state index contributed by atoms with van der Waals surface area (Å²) < 4.78 is 14.5. The first-order chi connectivity index (χ1) is 12.5. The Bertz CT molecular complexity index is 1060. The molecule has 1 aromatic carbocycles. The van der Waals surface area contributed by atoms with Crippen LogP contribution in [0.4, 0.5) is 9.52 Å². The van der Waals surface area contributed by atoms with Crippen molar-refractivity contribution in [2.75, 3.05) is 12.3 Å². The highest BCUT2D eigenvalue weighted by atomic mass is 32.1. The molecule has 0 spiro atoms. The predicted molar refractivity (Wildman–Crippen MR) is 98.0 cm³/mol. The number of fused-ring (bicyclic) bond motifs is 1. The predicted octanol–water partition coefficient (Wildman–Crippen LogP) is 2.92. The molecule has 2 aliphatic heterocycles. The average Bonchev–Trinajstić information content (AvgIpc) is 3.19. The van der Waals surface area contributed by atoms with Gasteiger partial charge in [0.25, 0.3) is 0 Å². The number of nitrogens with zero attached hydrogens (tertiary/aromatic N) is 3. The van der Waals surface area contributed by atoms with E-state index in [0.717, 1.165) is 23.0 Å². The number of hydrogen-bond donors (Lipinski definition) is 3. The van der Waals surface area contributed by atoms with E-state index in [9.17, 15) is 14.8 Å². The third-order valence-electron chi connectivity index (χ3n) is 4.48. The van der Waals surface area contributed by atoms with Gasteiger partial charge in [-0.05, 0) is 19.1 Å². The van der Waals surface area contributed by atoms with Gasteiger partial charge in [0.05, 0.1) is 41.2 Å². The second kappa shape index (κ2) is 5.97. The van der Waals surface area contributed by atoms with Gasteiger partial charge in [-0.1, -0.05) is 0 Å². The minimum atomic E-state index is -0.635. The van der Waals surface area contributed by atoms with Gasteiger partial charge in [0.1, 0.15) is 11.6 Å². The van der Waals surface area contributed by atoms with Gasteiger partial charge in [-0.2, -0.15) is 5.26 Å². The topological polar surface area (TPSA) is 107 Å². The van der Waals surface area contributed by atoms with Crippen molar-refractivity contribution < 1.29 is 9.50 Å². The summed E-state index contributed by atoms with van der Waals surface area (Å²) in [5.41, 5.74) is 9.72. The van der Waals surface area contributed by atoms with E-state index >= 15 is 0 Å². The van der Waals surface area contributed by atoms with Crippen molar-refractivity contribution in [3.8, 4) is 11.8 Å². The molecule has 4 N–H and O–H groups in total. The van der Waals surface area contributed by atoms with E-state index < -0.39 is 11.7 Å². The number of aliphatic imine (C=N–C) groups is 1. The molecule has 1 aromatic heterocycles. The molecule has 4 rings (SSSR count). The van der Waals surface area contributed by atoms with Gasteiger partial charge < -0.3 is 16.2 Å². The summed E-state index contributed by atoms with van der Waals surface area (Å²) in [5, 5.41) is 24.8. The second-order valence-electron chi connectivity index (χ2n) is 6.03. The van der Waals surface area contributed by atoms with Crippen molar-refractivity contribution in [1.82, 2.24) is 10.3 Å². The number of aromatic hydroxyl groups is 1. The molecule has 0 aliphatic carbocycles. The maximum Gasteiger partial charge on any atom is 0.180 e. The SMILES string of the molecule is CC1=C2C(=NC(c3ccc(O)cc3F)=C(C#N)C2c2csc(N)n2)CN1. The maximum atomic E-state index is 14.5. The lowest BCUT2D eigenvalue weighted by molar-refractivity contribution is 0.469. The molecule has 2 aliphatic rings. The molecule has 1 atom stereocenters. The summed E-state index contributed by atoms with van der Waals surface area (Å²) in [6, 6.07) is 6.00. The van der Waals surface area contributed by atoms with Crippen LogP contribution in [0.2, 0.25) is 0 Å². The Morgan fingerprint density at radius 2 is 2.27 bits per heavy atom. The van der Waals surface area contributed by atoms with Crippen LogP contribution in [0.25, 0.3) is 5.70 Å². The fourth-order valence-corrected chi connectivity index (χ4v) is 3.92. The number of phenolic OH excluding ortho intramolecular Hbond substituents is 1. The van der Waals surface area contributed by atoms with Crippen LogP contribution in [0.1, 0.15) is 24.1 Å². The third-order valence-corrected chi connectivity index (χ3v) is 5.17. The molecule has 0 radical (unpaired) electrons. The Morgan fingerprint density at radius 1 is 1.46 bits per heavy atom.